The first kappa shape index (κ1) is 23.2. The summed E-state index contributed by atoms with van der Waals surface area (Å²) in [7, 11) is 0. The van der Waals surface area contributed by atoms with Crippen molar-refractivity contribution in [3.8, 4) is 5.75 Å². The van der Waals surface area contributed by atoms with Crippen molar-refractivity contribution in [2.24, 2.45) is 4.99 Å². The largest absolute Gasteiger partial charge is 0.506 e. The van der Waals surface area contributed by atoms with Gasteiger partial charge >= 0.3 is 0 Å². The first-order valence-corrected chi connectivity index (χ1v) is 10.7. The summed E-state index contributed by atoms with van der Waals surface area (Å²) in [4.78, 5) is 14.1. The molecule has 0 radical (unpaired) electrons. The van der Waals surface area contributed by atoms with Gasteiger partial charge in [-0.1, -0.05) is 24.3 Å². The molecule has 0 saturated carbocycles. The third-order valence-electron chi connectivity index (χ3n) is 5.57. The standard InChI is InChI=1S/C23H30N6O.HI/c1-3-24-23(25-12-13-29-18(2)26-19-8-4-5-9-20(19)29)28-16-14-27(15-17-28)21-10-6-7-11-22(21)30;/h4-11,30H,3,12-17H2,1-2H3,(H,24,25);1H. The predicted molar refractivity (Wildman–Crippen MR) is 138 cm³/mol. The topological polar surface area (TPSA) is 68.9 Å². The SMILES string of the molecule is CCNC(=NCCn1c(C)nc2ccccc21)N1CCN(c2ccccc2O)CC1.I. The number of benzene rings is 2. The number of nitrogens with zero attached hydrogens (tertiary/aromatic N) is 5. The number of aryl methyl sites for hydroxylation is 1. The molecule has 3 aromatic rings. The number of aliphatic imine (C=N–C) groups is 1. The van der Waals surface area contributed by atoms with Gasteiger partial charge in [-0.15, -0.1) is 24.0 Å². The molecule has 8 heteroatoms. The molecule has 0 bridgehead atoms. The highest BCUT2D eigenvalue weighted by Gasteiger charge is 2.21. The van der Waals surface area contributed by atoms with E-state index in [1.165, 1.54) is 0 Å². The number of piperazine rings is 1. The lowest BCUT2D eigenvalue weighted by atomic mass is 10.2. The Hall–Kier alpha value is -2.49. The lowest BCUT2D eigenvalue weighted by molar-refractivity contribution is 0.369. The van der Waals surface area contributed by atoms with Crippen molar-refractivity contribution >= 4 is 46.7 Å². The van der Waals surface area contributed by atoms with E-state index in [2.05, 4.69) is 49.8 Å². The number of imidazole rings is 1. The van der Waals surface area contributed by atoms with Gasteiger partial charge in [-0.25, -0.2) is 4.98 Å². The summed E-state index contributed by atoms with van der Waals surface area (Å²) in [6, 6.07) is 15.8. The average Bonchev–Trinajstić information content (AvgIpc) is 3.09. The number of hydrogen-bond donors (Lipinski definition) is 2. The Morgan fingerprint density at radius 1 is 1.06 bits per heavy atom. The summed E-state index contributed by atoms with van der Waals surface area (Å²) in [5.41, 5.74) is 3.10. The van der Waals surface area contributed by atoms with Crippen LogP contribution in [-0.4, -0.2) is 64.8 Å². The van der Waals surface area contributed by atoms with Crippen LogP contribution in [0.1, 0.15) is 12.7 Å². The van der Waals surface area contributed by atoms with Crippen LogP contribution in [0.25, 0.3) is 11.0 Å². The number of rotatable bonds is 5. The van der Waals surface area contributed by atoms with E-state index >= 15 is 0 Å². The summed E-state index contributed by atoms with van der Waals surface area (Å²) in [6.45, 7) is 9.93. The van der Waals surface area contributed by atoms with E-state index in [4.69, 9.17) is 4.99 Å². The summed E-state index contributed by atoms with van der Waals surface area (Å²) in [6.07, 6.45) is 0. The Balaban J connectivity index is 0.00000272. The first-order valence-electron chi connectivity index (χ1n) is 10.7. The molecule has 1 fully saturated rings. The Morgan fingerprint density at radius 3 is 2.52 bits per heavy atom. The lowest BCUT2D eigenvalue weighted by Crippen LogP contribution is -2.52. The molecule has 1 saturated heterocycles. The zero-order valence-electron chi connectivity index (χ0n) is 18.2. The number of aromatic hydroxyl groups is 1. The molecule has 1 aromatic heterocycles. The third kappa shape index (κ3) is 5.23. The fourth-order valence-corrected chi connectivity index (χ4v) is 4.05. The van der Waals surface area contributed by atoms with Crippen LogP contribution in [0.2, 0.25) is 0 Å². The molecule has 1 aliphatic rings. The minimum Gasteiger partial charge on any atom is -0.506 e. The van der Waals surface area contributed by atoms with Crippen LogP contribution in [0, 0.1) is 6.92 Å². The zero-order chi connectivity index (χ0) is 20.9. The van der Waals surface area contributed by atoms with Crippen LogP contribution >= 0.6 is 24.0 Å². The Labute approximate surface area is 200 Å². The zero-order valence-corrected chi connectivity index (χ0v) is 20.5. The number of nitrogens with one attached hydrogen (secondary N) is 1. The molecule has 0 amide bonds. The molecule has 0 aliphatic carbocycles. The fraction of sp³-hybridized carbons (Fsp3) is 0.391. The Morgan fingerprint density at radius 2 is 1.77 bits per heavy atom. The van der Waals surface area contributed by atoms with Gasteiger partial charge in [0, 0.05) is 39.3 Å². The molecule has 0 unspecified atom stereocenters. The van der Waals surface area contributed by atoms with Crippen molar-refractivity contribution < 1.29 is 5.11 Å². The van der Waals surface area contributed by atoms with Crippen molar-refractivity contribution in [1.29, 1.82) is 0 Å². The second-order valence-corrected chi connectivity index (χ2v) is 7.50. The van der Waals surface area contributed by atoms with Gasteiger partial charge in [-0.05, 0) is 38.1 Å². The van der Waals surface area contributed by atoms with E-state index in [9.17, 15) is 5.11 Å². The predicted octanol–water partition coefficient (Wildman–Crippen LogP) is 3.46. The highest BCUT2D eigenvalue weighted by Crippen LogP contribution is 2.27. The number of aromatic nitrogens is 2. The normalized spacial score (nSPS) is 14.6. The molecule has 31 heavy (non-hydrogen) atoms. The van der Waals surface area contributed by atoms with Gasteiger partial charge in [0.15, 0.2) is 5.96 Å². The molecule has 4 rings (SSSR count). The van der Waals surface area contributed by atoms with Gasteiger partial charge < -0.3 is 24.8 Å². The van der Waals surface area contributed by atoms with Crippen LogP contribution in [-0.2, 0) is 6.54 Å². The number of hydrogen-bond acceptors (Lipinski definition) is 4. The van der Waals surface area contributed by atoms with E-state index in [1.54, 1.807) is 6.07 Å². The van der Waals surface area contributed by atoms with Gasteiger partial charge in [-0.3, -0.25) is 4.99 Å². The van der Waals surface area contributed by atoms with Crippen LogP contribution in [0.3, 0.4) is 0 Å². The van der Waals surface area contributed by atoms with Gasteiger partial charge in [-0.2, -0.15) is 0 Å². The van der Waals surface area contributed by atoms with E-state index in [1.807, 2.05) is 31.2 Å². The number of anilines is 1. The quantitative estimate of drug-likeness (QED) is 0.298. The fourth-order valence-electron chi connectivity index (χ4n) is 4.05. The summed E-state index contributed by atoms with van der Waals surface area (Å²) in [5.74, 6) is 2.32. The molecular formula is C23H31IN6O. The number of guanidine groups is 1. The minimum atomic E-state index is 0. The highest BCUT2D eigenvalue weighted by molar-refractivity contribution is 14.0. The molecule has 1 aliphatic heterocycles. The maximum Gasteiger partial charge on any atom is 0.194 e. The molecule has 2 heterocycles. The number of fused-ring (bicyclic) bond motifs is 1. The van der Waals surface area contributed by atoms with Gasteiger partial charge in [0.25, 0.3) is 0 Å². The summed E-state index contributed by atoms with van der Waals surface area (Å²) in [5, 5.41) is 13.6. The van der Waals surface area contributed by atoms with Crippen molar-refractivity contribution in [2.75, 3.05) is 44.2 Å². The summed E-state index contributed by atoms with van der Waals surface area (Å²) >= 11 is 0. The van der Waals surface area contributed by atoms with Crippen molar-refractivity contribution in [1.82, 2.24) is 19.8 Å². The van der Waals surface area contributed by atoms with Crippen molar-refractivity contribution in [3.05, 3.63) is 54.4 Å². The van der Waals surface area contributed by atoms with E-state index in [0.29, 0.717) is 12.3 Å². The van der Waals surface area contributed by atoms with Gasteiger partial charge in [0.05, 0.1) is 23.3 Å². The van der Waals surface area contributed by atoms with Crippen LogP contribution in [0.4, 0.5) is 5.69 Å². The van der Waals surface area contributed by atoms with Gasteiger partial charge in [0.2, 0.25) is 0 Å². The second-order valence-electron chi connectivity index (χ2n) is 7.50. The summed E-state index contributed by atoms with van der Waals surface area (Å²) < 4.78 is 2.23. The number of phenols is 1. The van der Waals surface area contributed by atoms with Crippen molar-refractivity contribution in [2.45, 2.75) is 20.4 Å². The smallest absolute Gasteiger partial charge is 0.194 e. The first-order chi connectivity index (χ1) is 14.7. The molecule has 7 nitrogen and oxygen atoms in total. The number of halogens is 1. The Bertz CT molecular complexity index is 1030. The monoisotopic (exact) mass is 534 g/mol. The van der Waals surface area contributed by atoms with Crippen LogP contribution in [0.5, 0.6) is 5.75 Å². The van der Waals surface area contributed by atoms with E-state index < -0.39 is 0 Å². The molecule has 0 atom stereocenters. The van der Waals surface area contributed by atoms with Crippen molar-refractivity contribution in [3.63, 3.8) is 0 Å². The third-order valence-corrected chi connectivity index (χ3v) is 5.57. The maximum absolute atomic E-state index is 10.1. The maximum atomic E-state index is 10.1. The highest BCUT2D eigenvalue weighted by atomic mass is 127. The molecule has 2 N–H and O–H groups in total. The van der Waals surface area contributed by atoms with E-state index in [0.717, 1.165) is 67.8 Å². The molecule has 0 spiro atoms. The molecule has 2 aromatic carbocycles. The number of para-hydroxylation sites is 4. The molecule has 166 valence electrons. The number of phenolic OH excluding ortho intramolecular Hbond substituents is 1. The molecular weight excluding hydrogens is 503 g/mol. The Kier molecular flexibility index (Phi) is 8.00. The van der Waals surface area contributed by atoms with Gasteiger partial charge in [0.1, 0.15) is 11.6 Å². The minimum absolute atomic E-state index is 0. The second kappa shape index (κ2) is 10.7. The average molecular weight is 534 g/mol. The lowest BCUT2D eigenvalue weighted by Gasteiger charge is -2.37. The van der Waals surface area contributed by atoms with Crippen LogP contribution < -0.4 is 10.2 Å². The van der Waals surface area contributed by atoms with E-state index in [-0.39, 0.29) is 24.0 Å². The van der Waals surface area contributed by atoms with Crippen LogP contribution in [0.15, 0.2) is 53.5 Å².